The number of carbonyl (C=O) groups excluding carboxylic acids is 1. The van der Waals surface area contributed by atoms with Crippen LogP contribution in [-0.4, -0.2) is 24.2 Å². The molecule has 1 fully saturated rings. The Balaban J connectivity index is 2.39. The number of hydrogen-bond donors (Lipinski definition) is 1. The molecule has 1 amide bonds. The fraction of sp³-hybridized carbons (Fsp3) is 0.562. The highest BCUT2D eigenvalue weighted by Crippen LogP contribution is 2.36. The van der Waals surface area contributed by atoms with Crippen LogP contribution in [0.15, 0.2) is 18.2 Å². The zero-order chi connectivity index (χ0) is 16.0. The molecule has 0 spiro atoms. The first-order valence-corrected chi connectivity index (χ1v) is 7.34. The predicted octanol–water partition coefficient (Wildman–Crippen LogP) is 2.21. The molecule has 1 saturated heterocycles. The van der Waals surface area contributed by atoms with Crippen molar-refractivity contribution in [3.63, 3.8) is 0 Å². The summed E-state index contributed by atoms with van der Waals surface area (Å²) < 4.78 is 12.0. The highest BCUT2D eigenvalue weighted by molar-refractivity contribution is 6.62. The van der Waals surface area contributed by atoms with Gasteiger partial charge >= 0.3 is 7.12 Å². The molecule has 0 radical (unpaired) electrons. The van der Waals surface area contributed by atoms with Gasteiger partial charge in [-0.3, -0.25) is 4.79 Å². The van der Waals surface area contributed by atoms with Gasteiger partial charge in [-0.2, -0.15) is 0 Å². The maximum absolute atomic E-state index is 11.7. The van der Waals surface area contributed by atoms with E-state index in [0.717, 1.165) is 11.0 Å². The van der Waals surface area contributed by atoms with E-state index in [0.29, 0.717) is 5.56 Å². The van der Waals surface area contributed by atoms with Crippen LogP contribution in [-0.2, 0) is 9.31 Å². The van der Waals surface area contributed by atoms with E-state index in [9.17, 15) is 4.79 Å². The third kappa shape index (κ3) is 2.85. The van der Waals surface area contributed by atoms with Gasteiger partial charge in [-0.15, -0.1) is 0 Å². The van der Waals surface area contributed by atoms with Crippen LogP contribution < -0.4 is 11.2 Å². The molecule has 0 aromatic heterocycles. The Labute approximate surface area is 127 Å². The van der Waals surface area contributed by atoms with Gasteiger partial charge in [0.05, 0.1) is 11.2 Å². The van der Waals surface area contributed by atoms with Gasteiger partial charge in [0.1, 0.15) is 0 Å². The summed E-state index contributed by atoms with van der Waals surface area (Å²) >= 11 is 0. The smallest absolute Gasteiger partial charge is 0.399 e. The predicted molar refractivity (Wildman–Crippen MR) is 84.8 cm³/mol. The number of hydrogen-bond acceptors (Lipinski definition) is 3. The Morgan fingerprint density at radius 3 is 2.10 bits per heavy atom. The Hall–Kier alpha value is -1.33. The van der Waals surface area contributed by atoms with Crippen molar-refractivity contribution in [1.29, 1.82) is 0 Å². The quantitative estimate of drug-likeness (QED) is 0.868. The monoisotopic (exact) mass is 289 g/mol. The molecule has 5 heteroatoms. The van der Waals surface area contributed by atoms with Crippen LogP contribution in [0, 0.1) is 0 Å². The van der Waals surface area contributed by atoms with Gasteiger partial charge in [0.15, 0.2) is 0 Å². The Morgan fingerprint density at radius 1 is 1.14 bits per heavy atom. The highest BCUT2D eigenvalue weighted by atomic mass is 16.7. The lowest BCUT2D eigenvalue weighted by molar-refractivity contribution is 0.00578. The Kier molecular flexibility index (Phi) is 3.93. The maximum atomic E-state index is 11.7. The number of carbonyl (C=O) groups is 1. The van der Waals surface area contributed by atoms with Crippen molar-refractivity contribution in [3.05, 3.63) is 29.3 Å². The first-order valence-electron chi connectivity index (χ1n) is 7.34. The maximum Gasteiger partial charge on any atom is 0.494 e. The van der Waals surface area contributed by atoms with E-state index in [4.69, 9.17) is 15.0 Å². The molecule has 2 N–H and O–H groups in total. The second-order valence-electron chi connectivity index (χ2n) is 6.95. The minimum absolute atomic E-state index is 0.236. The molecule has 114 valence electrons. The van der Waals surface area contributed by atoms with Crippen LogP contribution in [0.2, 0.25) is 0 Å². The van der Waals surface area contributed by atoms with Crippen molar-refractivity contribution >= 4 is 18.5 Å². The minimum atomic E-state index is -0.477. The van der Waals surface area contributed by atoms with Crippen LogP contribution in [0.25, 0.3) is 0 Å². The van der Waals surface area contributed by atoms with Gasteiger partial charge in [-0.05, 0) is 50.7 Å². The standard InChI is InChI=1S/C16H24BNO3/c1-10(2)12-8-7-11(9-13(12)14(18)19)17-20-15(3,4)16(5,6)21-17/h7-10H,1-6H3,(H2,18,19). The first-order chi connectivity index (χ1) is 9.55. The number of rotatable bonds is 3. The van der Waals surface area contributed by atoms with Crippen molar-refractivity contribution < 1.29 is 14.1 Å². The molecule has 0 unspecified atom stereocenters. The molecular formula is C16H24BNO3. The lowest BCUT2D eigenvalue weighted by Gasteiger charge is -2.32. The zero-order valence-electron chi connectivity index (χ0n) is 13.7. The Bertz CT molecular complexity index is 551. The van der Waals surface area contributed by atoms with Crippen molar-refractivity contribution in [2.75, 3.05) is 0 Å². The molecule has 0 saturated carbocycles. The molecule has 1 aromatic carbocycles. The van der Waals surface area contributed by atoms with Crippen molar-refractivity contribution in [2.45, 2.75) is 58.7 Å². The summed E-state index contributed by atoms with van der Waals surface area (Å²) in [5.41, 5.74) is 7.01. The number of benzene rings is 1. The topological polar surface area (TPSA) is 61.6 Å². The highest BCUT2D eigenvalue weighted by Gasteiger charge is 2.51. The lowest BCUT2D eigenvalue weighted by Crippen LogP contribution is -2.41. The van der Waals surface area contributed by atoms with E-state index in [1.165, 1.54) is 0 Å². The van der Waals surface area contributed by atoms with E-state index >= 15 is 0 Å². The van der Waals surface area contributed by atoms with Crippen LogP contribution in [0.5, 0.6) is 0 Å². The van der Waals surface area contributed by atoms with E-state index in [-0.39, 0.29) is 5.92 Å². The average molecular weight is 289 g/mol. The third-order valence-electron chi connectivity index (χ3n) is 4.49. The molecule has 0 aliphatic carbocycles. The van der Waals surface area contributed by atoms with Gasteiger partial charge in [-0.25, -0.2) is 0 Å². The second kappa shape index (κ2) is 5.14. The number of primary amides is 1. The van der Waals surface area contributed by atoms with Gasteiger partial charge < -0.3 is 15.0 Å². The molecule has 0 atom stereocenters. The summed E-state index contributed by atoms with van der Waals surface area (Å²) in [6, 6.07) is 5.68. The van der Waals surface area contributed by atoms with E-state index in [2.05, 4.69) is 0 Å². The van der Waals surface area contributed by atoms with E-state index in [1.807, 2.05) is 53.7 Å². The summed E-state index contributed by atoms with van der Waals surface area (Å²) in [6.07, 6.45) is 0. The molecule has 0 bridgehead atoms. The molecule has 21 heavy (non-hydrogen) atoms. The fourth-order valence-electron chi connectivity index (χ4n) is 2.42. The molecular weight excluding hydrogens is 265 g/mol. The van der Waals surface area contributed by atoms with Crippen LogP contribution >= 0.6 is 0 Å². The Morgan fingerprint density at radius 2 is 1.67 bits per heavy atom. The van der Waals surface area contributed by atoms with Crippen molar-refractivity contribution in [1.82, 2.24) is 0 Å². The second-order valence-corrected chi connectivity index (χ2v) is 6.95. The molecule has 1 aromatic rings. The van der Waals surface area contributed by atoms with Gasteiger partial charge in [-0.1, -0.05) is 26.0 Å². The summed E-state index contributed by atoms with van der Waals surface area (Å²) in [4.78, 5) is 11.7. The lowest BCUT2D eigenvalue weighted by atomic mass is 9.77. The minimum Gasteiger partial charge on any atom is -0.399 e. The van der Waals surface area contributed by atoms with Crippen molar-refractivity contribution in [3.8, 4) is 0 Å². The van der Waals surface area contributed by atoms with Crippen LogP contribution in [0.1, 0.15) is 63.4 Å². The zero-order valence-corrected chi connectivity index (χ0v) is 13.7. The third-order valence-corrected chi connectivity index (χ3v) is 4.49. The fourth-order valence-corrected chi connectivity index (χ4v) is 2.42. The normalized spacial score (nSPS) is 20.0. The average Bonchev–Trinajstić information content (AvgIpc) is 2.57. The molecule has 1 aliphatic heterocycles. The molecule has 1 aliphatic rings. The van der Waals surface area contributed by atoms with Gasteiger partial charge in [0.2, 0.25) is 5.91 Å². The van der Waals surface area contributed by atoms with Crippen LogP contribution in [0.3, 0.4) is 0 Å². The molecule has 4 nitrogen and oxygen atoms in total. The van der Waals surface area contributed by atoms with E-state index in [1.54, 1.807) is 6.07 Å². The van der Waals surface area contributed by atoms with E-state index < -0.39 is 24.2 Å². The summed E-state index contributed by atoms with van der Waals surface area (Å²) in [6.45, 7) is 12.1. The van der Waals surface area contributed by atoms with Crippen LogP contribution in [0.4, 0.5) is 0 Å². The van der Waals surface area contributed by atoms with Crippen molar-refractivity contribution in [2.24, 2.45) is 5.73 Å². The number of nitrogens with two attached hydrogens (primary N) is 1. The molecule has 1 heterocycles. The largest absolute Gasteiger partial charge is 0.494 e. The summed E-state index contributed by atoms with van der Waals surface area (Å²) in [5.74, 6) is -0.183. The van der Waals surface area contributed by atoms with Gasteiger partial charge in [0.25, 0.3) is 0 Å². The SMILES string of the molecule is CC(C)c1ccc(B2OC(C)(C)C(C)(C)O2)cc1C(N)=O. The van der Waals surface area contributed by atoms with Gasteiger partial charge in [0, 0.05) is 5.56 Å². The number of amides is 1. The summed E-state index contributed by atoms with van der Waals surface area (Å²) in [7, 11) is -0.477. The summed E-state index contributed by atoms with van der Waals surface area (Å²) in [5, 5.41) is 0. The first kappa shape index (κ1) is 16.1. The molecule has 2 rings (SSSR count).